The Morgan fingerprint density at radius 2 is 1.78 bits per heavy atom. The molecule has 1 amide bonds. The van der Waals surface area contributed by atoms with Gasteiger partial charge in [0.2, 0.25) is 5.91 Å². The summed E-state index contributed by atoms with van der Waals surface area (Å²) < 4.78 is 0. The van der Waals surface area contributed by atoms with Gasteiger partial charge in [0, 0.05) is 77.4 Å². The fourth-order valence-corrected chi connectivity index (χ4v) is 5.03. The molecule has 7 nitrogen and oxygen atoms in total. The summed E-state index contributed by atoms with van der Waals surface area (Å²) in [6.07, 6.45) is 5.63. The summed E-state index contributed by atoms with van der Waals surface area (Å²) in [7, 11) is 1.84. The molecule has 1 saturated carbocycles. The van der Waals surface area contributed by atoms with Gasteiger partial charge in [-0.15, -0.1) is 24.0 Å². The lowest BCUT2D eigenvalue weighted by molar-refractivity contribution is -0.134. The number of rotatable bonds is 4. The van der Waals surface area contributed by atoms with E-state index in [1.54, 1.807) is 0 Å². The minimum Gasteiger partial charge on any atom is -0.355 e. The van der Waals surface area contributed by atoms with Crippen molar-refractivity contribution in [2.45, 2.75) is 44.2 Å². The van der Waals surface area contributed by atoms with Gasteiger partial charge in [0.1, 0.15) is 0 Å². The molecule has 0 aromatic heterocycles. The van der Waals surface area contributed by atoms with Crippen molar-refractivity contribution in [3.05, 3.63) is 0 Å². The number of nitrogens with zero attached hydrogens (tertiary/aromatic N) is 4. The second kappa shape index (κ2) is 9.73. The third kappa shape index (κ3) is 5.06. The van der Waals surface area contributed by atoms with Crippen LogP contribution in [0.1, 0.15) is 32.1 Å². The van der Waals surface area contributed by atoms with Crippen LogP contribution in [-0.2, 0) is 4.79 Å². The van der Waals surface area contributed by atoms with Gasteiger partial charge in [0.05, 0.1) is 0 Å². The van der Waals surface area contributed by atoms with Gasteiger partial charge < -0.3 is 15.5 Å². The van der Waals surface area contributed by atoms with Gasteiger partial charge in [-0.25, -0.2) is 0 Å². The first-order chi connectivity index (χ1) is 12.7. The number of halogens is 1. The second-order valence-corrected chi connectivity index (χ2v) is 8.34. The number of aliphatic imine (C=N–C) groups is 1. The molecule has 2 bridgehead atoms. The normalized spacial score (nSPS) is 33.8. The summed E-state index contributed by atoms with van der Waals surface area (Å²) in [5, 5.41) is 7.05. The molecule has 0 spiro atoms. The molecule has 5 fully saturated rings. The Bertz CT molecular complexity index is 530. The van der Waals surface area contributed by atoms with Crippen LogP contribution in [-0.4, -0.2) is 98.1 Å². The van der Waals surface area contributed by atoms with Crippen molar-refractivity contribution in [1.29, 1.82) is 0 Å². The molecule has 5 aliphatic rings. The van der Waals surface area contributed by atoms with Gasteiger partial charge in [-0.05, 0) is 19.3 Å². The fraction of sp³-hybridized carbons (Fsp3) is 0.895. The van der Waals surface area contributed by atoms with Crippen molar-refractivity contribution in [2.24, 2.45) is 10.9 Å². The number of carbonyl (C=O) groups is 1. The maximum absolute atomic E-state index is 12.6. The van der Waals surface area contributed by atoms with Crippen molar-refractivity contribution in [3.63, 3.8) is 0 Å². The smallest absolute Gasteiger partial charge is 0.225 e. The van der Waals surface area contributed by atoms with E-state index < -0.39 is 0 Å². The Hall–Kier alpha value is -0.610. The molecule has 0 radical (unpaired) electrons. The molecular formula is C19H35IN6O. The number of amides is 1. The van der Waals surface area contributed by atoms with E-state index >= 15 is 0 Å². The average molecular weight is 490 g/mol. The predicted molar refractivity (Wildman–Crippen MR) is 119 cm³/mol. The monoisotopic (exact) mass is 490 g/mol. The molecule has 2 atom stereocenters. The highest BCUT2D eigenvalue weighted by Crippen LogP contribution is 2.27. The Balaban J connectivity index is 0.00000210. The highest BCUT2D eigenvalue weighted by atomic mass is 127. The third-order valence-corrected chi connectivity index (χ3v) is 6.67. The number of hydrogen-bond donors (Lipinski definition) is 2. The molecule has 27 heavy (non-hydrogen) atoms. The first kappa shape index (κ1) is 21.1. The number of hydrogen-bond acceptors (Lipinski definition) is 4. The molecule has 2 N–H and O–H groups in total. The average Bonchev–Trinajstić information content (AvgIpc) is 3.37. The zero-order valence-electron chi connectivity index (χ0n) is 16.5. The van der Waals surface area contributed by atoms with E-state index in [0.717, 1.165) is 51.4 Å². The third-order valence-electron chi connectivity index (χ3n) is 6.67. The van der Waals surface area contributed by atoms with Crippen molar-refractivity contribution in [3.8, 4) is 0 Å². The van der Waals surface area contributed by atoms with E-state index in [2.05, 4.69) is 30.3 Å². The summed E-state index contributed by atoms with van der Waals surface area (Å²) in [5.41, 5.74) is 0. The zero-order valence-corrected chi connectivity index (χ0v) is 18.9. The lowest BCUT2D eigenvalue weighted by Gasteiger charge is -2.47. The van der Waals surface area contributed by atoms with Crippen molar-refractivity contribution in [1.82, 2.24) is 25.3 Å². The number of nitrogens with one attached hydrogen (secondary N) is 2. The first-order valence-electron chi connectivity index (χ1n) is 10.5. The van der Waals surface area contributed by atoms with Gasteiger partial charge in [-0.1, -0.05) is 12.8 Å². The van der Waals surface area contributed by atoms with E-state index in [1.165, 1.54) is 39.0 Å². The first-order valence-corrected chi connectivity index (χ1v) is 10.5. The minimum absolute atomic E-state index is 0. The number of piperazine rings is 3. The van der Waals surface area contributed by atoms with Crippen molar-refractivity contribution in [2.75, 3.05) is 59.4 Å². The number of guanidine groups is 1. The van der Waals surface area contributed by atoms with Crippen LogP contribution >= 0.6 is 24.0 Å². The molecule has 154 valence electrons. The minimum atomic E-state index is 0. The molecule has 2 unspecified atom stereocenters. The molecular weight excluding hydrogens is 455 g/mol. The van der Waals surface area contributed by atoms with Crippen LogP contribution in [0.3, 0.4) is 0 Å². The Morgan fingerprint density at radius 3 is 2.41 bits per heavy atom. The van der Waals surface area contributed by atoms with Gasteiger partial charge in [-0.2, -0.15) is 0 Å². The molecule has 8 heteroatoms. The van der Waals surface area contributed by atoms with Gasteiger partial charge in [-0.3, -0.25) is 19.6 Å². The molecule has 4 heterocycles. The lowest BCUT2D eigenvalue weighted by Crippen LogP contribution is -2.64. The molecule has 0 aromatic rings. The fourth-order valence-electron chi connectivity index (χ4n) is 5.03. The van der Waals surface area contributed by atoms with E-state index in [1.807, 2.05) is 7.05 Å². The number of likely N-dealkylation sites (tertiary alicyclic amines) is 1. The number of carbonyl (C=O) groups excluding carboxylic acids is 1. The molecule has 0 aromatic carbocycles. The highest BCUT2D eigenvalue weighted by Gasteiger charge is 2.33. The van der Waals surface area contributed by atoms with Crippen LogP contribution in [0.2, 0.25) is 0 Å². The molecule has 4 saturated heterocycles. The van der Waals surface area contributed by atoms with Crippen molar-refractivity contribution < 1.29 is 4.79 Å². The standard InChI is InChI=1S/C19H34N6O.HI/c1-20-19(21-12-17-14-23-8-10-24(17)11-9-23)22-16-6-7-25(13-16)18(26)15-4-2-3-5-15;/h15-17H,2-14H2,1H3,(H2,20,21,22);1H. The van der Waals surface area contributed by atoms with Gasteiger partial charge in [0.15, 0.2) is 5.96 Å². The zero-order chi connectivity index (χ0) is 17.9. The largest absolute Gasteiger partial charge is 0.355 e. The topological polar surface area (TPSA) is 63.2 Å². The summed E-state index contributed by atoms with van der Waals surface area (Å²) in [4.78, 5) is 24.2. The molecule has 4 aliphatic heterocycles. The van der Waals surface area contributed by atoms with E-state index in [-0.39, 0.29) is 29.9 Å². The lowest BCUT2D eigenvalue weighted by atomic mass is 10.1. The van der Waals surface area contributed by atoms with Crippen LogP contribution in [0.15, 0.2) is 4.99 Å². The summed E-state index contributed by atoms with van der Waals surface area (Å²) in [5.74, 6) is 1.55. The number of fused-ring (bicyclic) bond motifs is 3. The van der Waals surface area contributed by atoms with E-state index in [9.17, 15) is 4.79 Å². The maximum Gasteiger partial charge on any atom is 0.225 e. The van der Waals surface area contributed by atoms with Crippen LogP contribution in [0, 0.1) is 5.92 Å². The van der Waals surface area contributed by atoms with Gasteiger partial charge >= 0.3 is 0 Å². The van der Waals surface area contributed by atoms with Crippen LogP contribution in [0.5, 0.6) is 0 Å². The Kier molecular flexibility index (Phi) is 7.61. The Labute approximate surface area is 180 Å². The second-order valence-electron chi connectivity index (χ2n) is 8.34. The summed E-state index contributed by atoms with van der Waals surface area (Å²) in [6, 6.07) is 0.901. The maximum atomic E-state index is 12.6. The Morgan fingerprint density at radius 1 is 1.04 bits per heavy atom. The van der Waals surface area contributed by atoms with Crippen LogP contribution in [0.4, 0.5) is 0 Å². The van der Waals surface area contributed by atoms with E-state index in [4.69, 9.17) is 0 Å². The van der Waals surface area contributed by atoms with Crippen LogP contribution in [0.25, 0.3) is 0 Å². The van der Waals surface area contributed by atoms with E-state index in [0.29, 0.717) is 18.0 Å². The summed E-state index contributed by atoms with van der Waals surface area (Å²) >= 11 is 0. The quantitative estimate of drug-likeness (QED) is 0.343. The molecule has 5 rings (SSSR count). The van der Waals surface area contributed by atoms with Gasteiger partial charge in [0.25, 0.3) is 0 Å². The summed E-state index contributed by atoms with van der Waals surface area (Å²) in [6.45, 7) is 8.63. The highest BCUT2D eigenvalue weighted by molar-refractivity contribution is 14.0. The SMILES string of the molecule is CN=C(NCC1CN2CCN1CC2)NC1CCN(C(=O)C2CCCC2)C1.I. The predicted octanol–water partition coefficient (Wildman–Crippen LogP) is 0.560. The molecule has 1 aliphatic carbocycles. The van der Waals surface area contributed by atoms with Crippen molar-refractivity contribution >= 4 is 35.8 Å². The van der Waals surface area contributed by atoms with Crippen LogP contribution < -0.4 is 10.6 Å².